The van der Waals surface area contributed by atoms with Crippen molar-refractivity contribution < 1.29 is 12.8 Å². The summed E-state index contributed by atoms with van der Waals surface area (Å²) in [6, 6.07) is 4.12. The quantitative estimate of drug-likeness (QED) is 0.884. The summed E-state index contributed by atoms with van der Waals surface area (Å²) in [4.78, 5) is 6.94. The molecule has 19 heavy (non-hydrogen) atoms. The molecule has 0 atom stereocenters. The molecule has 0 bridgehead atoms. The Morgan fingerprint density at radius 1 is 1.26 bits per heavy atom. The van der Waals surface area contributed by atoms with Gasteiger partial charge in [-0.05, 0) is 36.2 Å². The molecule has 0 unspecified atom stereocenters. The zero-order chi connectivity index (χ0) is 14.0. The van der Waals surface area contributed by atoms with Gasteiger partial charge in [-0.3, -0.25) is 4.72 Å². The first-order valence-corrected chi connectivity index (χ1v) is 7.01. The van der Waals surface area contributed by atoms with E-state index in [1.54, 1.807) is 13.0 Å². The molecule has 0 saturated heterocycles. The molecule has 1 aromatic heterocycles. The van der Waals surface area contributed by atoms with Crippen LogP contribution in [0, 0.1) is 12.7 Å². The van der Waals surface area contributed by atoms with Gasteiger partial charge in [0, 0.05) is 0 Å². The number of nitrogens with zero attached hydrogens (tertiary/aromatic N) is 2. The van der Waals surface area contributed by atoms with Gasteiger partial charge in [-0.15, -0.1) is 0 Å². The van der Waals surface area contributed by atoms with Gasteiger partial charge in [0.25, 0.3) is 10.0 Å². The lowest BCUT2D eigenvalue weighted by Gasteiger charge is -2.09. The summed E-state index contributed by atoms with van der Waals surface area (Å²) in [5, 5.41) is -0.0688. The first kappa shape index (κ1) is 13.7. The molecule has 2 rings (SSSR count). The first-order valence-electron chi connectivity index (χ1n) is 5.15. The Morgan fingerprint density at radius 3 is 2.53 bits per heavy atom. The Labute approximate surface area is 114 Å². The molecule has 0 saturated carbocycles. The summed E-state index contributed by atoms with van der Waals surface area (Å²) < 4.78 is 39.6. The third-order valence-corrected chi connectivity index (χ3v) is 3.79. The summed E-state index contributed by atoms with van der Waals surface area (Å²) >= 11 is 5.47. The van der Waals surface area contributed by atoms with E-state index in [-0.39, 0.29) is 15.9 Å². The summed E-state index contributed by atoms with van der Waals surface area (Å²) in [6.07, 6.45) is 2.09. The fourth-order valence-electron chi connectivity index (χ4n) is 1.36. The van der Waals surface area contributed by atoms with Gasteiger partial charge < -0.3 is 0 Å². The number of anilines is 1. The van der Waals surface area contributed by atoms with Crippen molar-refractivity contribution in [3.05, 3.63) is 47.3 Å². The second-order valence-electron chi connectivity index (χ2n) is 3.78. The van der Waals surface area contributed by atoms with Gasteiger partial charge >= 0.3 is 0 Å². The standard InChI is InChI=1S/C11H9ClFN3O2S/c1-7-2-3-9(13)10(4-7)16-19(17,18)8-5-14-11(12)15-6-8/h2-6,16H,1H3. The minimum atomic E-state index is -3.94. The Balaban J connectivity index is 2.36. The SMILES string of the molecule is Cc1ccc(F)c(NS(=O)(=O)c2cnc(Cl)nc2)c1. The van der Waals surface area contributed by atoms with Crippen LogP contribution >= 0.6 is 11.6 Å². The zero-order valence-electron chi connectivity index (χ0n) is 9.76. The van der Waals surface area contributed by atoms with E-state index in [0.717, 1.165) is 18.0 Å². The molecule has 0 fully saturated rings. The van der Waals surface area contributed by atoms with E-state index in [4.69, 9.17) is 11.6 Å². The van der Waals surface area contributed by atoms with Gasteiger partial charge in [0.15, 0.2) is 0 Å². The van der Waals surface area contributed by atoms with Crippen LogP contribution in [0.5, 0.6) is 0 Å². The lowest BCUT2D eigenvalue weighted by atomic mass is 10.2. The Morgan fingerprint density at radius 2 is 1.89 bits per heavy atom. The highest BCUT2D eigenvalue weighted by atomic mass is 35.5. The van der Waals surface area contributed by atoms with Crippen LogP contribution in [0.4, 0.5) is 10.1 Å². The van der Waals surface area contributed by atoms with Crippen molar-refractivity contribution in [1.82, 2.24) is 9.97 Å². The predicted octanol–water partition coefficient (Wildman–Crippen LogP) is 2.38. The summed E-state index contributed by atoms with van der Waals surface area (Å²) in [6.45, 7) is 1.72. The van der Waals surface area contributed by atoms with E-state index < -0.39 is 15.8 Å². The molecule has 1 heterocycles. The third-order valence-electron chi connectivity index (χ3n) is 2.27. The number of benzene rings is 1. The highest BCUT2D eigenvalue weighted by Crippen LogP contribution is 2.20. The van der Waals surface area contributed by atoms with Crippen molar-refractivity contribution in [1.29, 1.82) is 0 Å². The van der Waals surface area contributed by atoms with Gasteiger partial charge in [-0.2, -0.15) is 0 Å². The van der Waals surface area contributed by atoms with E-state index in [0.29, 0.717) is 0 Å². The van der Waals surface area contributed by atoms with Gasteiger partial charge in [0.05, 0.1) is 18.1 Å². The number of aryl methyl sites for hydroxylation is 1. The maximum absolute atomic E-state index is 13.5. The molecule has 2 aromatic rings. The minimum Gasteiger partial charge on any atom is -0.277 e. The number of hydrogen-bond donors (Lipinski definition) is 1. The lowest BCUT2D eigenvalue weighted by molar-refractivity contribution is 0.597. The van der Waals surface area contributed by atoms with Crippen molar-refractivity contribution in [2.24, 2.45) is 0 Å². The van der Waals surface area contributed by atoms with Crippen LogP contribution in [0.2, 0.25) is 5.28 Å². The Hall–Kier alpha value is -1.73. The van der Waals surface area contributed by atoms with Crippen molar-refractivity contribution in [3.8, 4) is 0 Å². The molecule has 0 spiro atoms. The second-order valence-corrected chi connectivity index (χ2v) is 5.80. The van der Waals surface area contributed by atoms with Crippen LogP contribution in [0.3, 0.4) is 0 Å². The molecule has 0 aliphatic carbocycles. The van der Waals surface area contributed by atoms with E-state index in [2.05, 4.69) is 14.7 Å². The van der Waals surface area contributed by atoms with E-state index in [1.165, 1.54) is 12.1 Å². The lowest BCUT2D eigenvalue weighted by Crippen LogP contribution is -2.14. The second kappa shape index (κ2) is 5.10. The molecular weight excluding hydrogens is 293 g/mol. The monoisotopic (exact) mass is 301 g/mol. The third kappa shape index (κ3) is 3.18. The molecule has 0 aliphatic heterocycles. The maximum atomic E-state index is 13.5. The average molecular weight is 302 g/mol. The number of aromatic nitrogens is 2. The van der Waals surface area contributed by atoms with Crippen LogP contribution in [0.25, 0.3) is 0 Å². The van der Waals surface area contributed by atoms with Crippen molar-refractivity contribution in [2.45, 2.75) is 11.8 Å². The van der Waals surface area contributed by atoms with E-state index in [1.807, 2.05) is 0 Å². The zero-order valence-corrected chi connectivity index (χ0v) is 11.3. The van der Waals surface area contributed by atoms with Crippen molar-refractivity contribution >= 4 is 27.3 Å². The van der Waals surface area contributed by atoms with Gasteiger partial charge in [-0.25, -0.2) is 22.8 Å². The molecule has 1 N–H and O–H groups in total. The molecule has 0 amide bonds. The fraction of sp³-hybridized carbons (Fsp3) is 0.0909. The highest BCUT2D eigenvalue weighted by Gasteiger charge is 2.17. The van der Waals surface area contributed by atoms with Crippen LogP contribution < -0.4 is 4.72 Å². The smallest absolute Gasteiger partial charge is 0.265 e. The van der Waals surface area contributed by atoms with Crippen LogP contribution in [-0.4, -0.2) is 18.4 Å². The molecule has 8 heteroatoms. The average Bonchev–Trinajstić information content (AvgIpc) is 2.34. The normalized spacial score (nSPS) is 11.3. The summed E-state index contributed by atoms with van der Waals surface area (Å²) in [7, 11) is -3.94. The molecule has 5 nitrogen and oxygen atoms in total. The number of halogens is 2. The molecule has 1 aromatic carbocycles. The number of rotatable bonds is 3. The van der Waals surface area contributed by atoms with Gasteiger partial charge in [0.2, 0.25) is 5.28 Å². The van der Waals surface area contributed by atoms with E-state index >= 15 is 0 Å². The van der Waals surface area contributed by atoms with Crippen LogP contribution in [0.1, 0.15) is 5.56 Å². The fourth-order valence-corrected chi connectivity index (χ4v) is 2.40. The molecular formula is C11H9ClFN3O2S. The van der Waals surface area contributed by atoms with Crippen LogP contribution in [-0.2, 0) is 10.0 Å². The maximum Gasteiger partial charge on any atom is 0.265 e. The van der Waals surface area contributed by atoms with Crippen molar-refractivity contribution in [3.63, 3.8) is 0 Å². The molecule has 0 aliphatic rings. The van der Waals surface area contributed by atoms with Gasteiger partial charge in [0.1, 0.15) is 10.7 Å². The minimum absolute atomic E-state index is 0.0688. The predicted molar refractivity (Wildman–Crippen MR) is 69.0 cm³/mol. The number of hydrogen-bond acceptors (Lipinski definition) is 4. The van der Waals surface area contributed by atoms with E-state index in [9.17, 15) is 12.8 Å². The molecule has 0 radical (unpaired) electrons. The highest BCUT2D eigenvalue weighted by molar-refractivity contribution is 7.92. The largest absolute Gasteiger partial charge is 0.277 e. The topological polar surface area (TPSA) is 72.0 Å². The summed E-state index contributed by atoms with van der Waals surface area (Å²) in [5.41, 5.74) is 0.599. The van der Waals surface area contributed by atoms with Gasteiger partial charge in [-0.1, -0.05) is 6.07 Å². The Kier molecular flexibility index (Phi) is 3.68. The Bertz CT molecular complexity index is 704. The van der Waals surface area contributed by atoms with Crippen LogP contribution in [0.15, 0.2) is 35.5 Å². The van der Waals surface area contributed by atoms with Crippen molar-refractivity contribution in [2.75, 3.05) is 4.72 Å². The number of nitrogens with one attached hydrogen (secondary N) is 1. The molecule has 100 valence electrons. The number of sulfonamides is 1. The summed E-state index contributed by atoms with van der Waals surface area (Å²) in [5.74, 6) is -0.663. The first-order chi connectivity index (χ1) is 8.88.